The summed E-state index contributed by atoms with van der Waals surface area (Å²) in [6.07, 6.45) is 2.66. The molecule has 0 radical (unpaired) electrons. The van der Waals surface area contributed by atoms with Gasteiger partial charge in [0.1, 0.15) is 6.33 Å². The Morgan fingerprint density at radius 2 is 2.18 bits per heavy atom. The van der Waals surface area contributed by atoms with Crippen molar-refractivity contribution in [3.63, 3.8) is 0 Å². The van der Waals surface area contributed by atoms with Crippen molar-refractivity contribution in [2.75, 3.05) is 0 Å². The molecule has 0 aromatic carbocycles. The molecule has 0 amide bonds. The van der Waals surface area contributed by atoms with Gasteiger partial charge < -0.3 is 0 Å². The number of aromatic nitrogens is 3. The first-order valence-electron chi connectivity index (χ1n) is 3.52. The van der Waals surface area contributed by atoms with Crippen LogP contribution in [-0.4, -0.2) is 22.8 Å². The van der Waals surface area contributed by atoms with E-state index in [0.717, 1.165) is 6.17 Å². The van der Waals surface area contributed by atoms with E-state index >= 15 is 0 Å². The molecule has 0 aliphatic heterocycles. The predicted octanol–water partition coefficient (Wildman–Crippen LogP) is 1.81. The molecule has 62 valence electrons. The van der Waals surface area contributed by atoms with Crippen LogP contribution in [-0.2, 0) is 6.17 Å². The van der Waals surface area contributed by atoms with Crippen LogP contribution in [0.3, 0.4) is 0 Å². The molecule has 0 atom stereocenters. The van der Waals surface area contributed by atoms with Gasteiger partial charge in [-0.2, -0.15) is 0 Å². The van der Waals surface area contributed by atoms with Gasteiger partial charge in [0.25, 0.3) is 0 Å². The van der Waals surface area contributed by atoms with Crippen LogP contribution in [0.15, 0.2) is 6.33 Å². The lowest BCUT2D eigenvalue weighted by Crippen LogP contribution is -2.28. The lowest BCUT2D eigenvalue weighted by atomic mass is 11.2. The average molecular weight is 190 g/mol. The molecular formula is C6H12ClN3Si. The van der Waals surface area contributed by atoms with E-state index in [2.05, 4.69) is 29.7 Å². The van der Waals surface area contributed by atoms with Gasteiger partial charge in [0.05, 0.1) is 8.07 Å². The highest BCUT2D eigenvalue weighted by molar-refractivity contribution is 6.74. The summed E-state index contributed by atoms with van der Waals surface area (Å²) in [5, 5.41) is 4.34. The summed E-state index contributed by atoms with van der Waals surface area (Å²) < 4.78 is 1.81. The van der Waals surface area contributed by atoms with Crippen LogP contribution >= 0.6 is 11.6 Å². The van der Waals surface area contributed by atoms with Crippen molar-refractivity contribution in [2.45, 2.75) is 25.8 Å². The SMILES string of the molecule is C[Si](C)(C)Cn1cnc(Cl)n1. The molecule has 0 fully saturated rings. The van der Waals surface area contributed by atoms with Gasteiger partial charge in [-0.25, -0.2) is 4.98 Å². The normalized spacial score (nSPS) is 12.0. The van der Waals surface area contributed by atoms with Crippen LogP contribution < -0.4 is 0 Å². The molecule has 1 rings (SSSR count). The zero-order valence-corrected chi connectivity index (χ0v) is 8.76. The molecule has 1 aromatic heterocycles. The Bertz CT molecular complexity index is 240. The number of hydrogen-bond donors (Lipinski definition) is 0. The monoisotopic (exact) mass is 189 g/mol. The first kappa shape index (κ1) is 8.74. The Kier molecular flexibility index (Phi) is 2.34. The number of nitrogens with zero attached hydrogens (tertiary/aromatic N) is 3. The summed E-state index contributed by atoms with van der Waals surface area (Å²) >= 11 is 5.56. The van der Waals surface area contributed by atoms with Crippen molar-refractivity contribution >= 4 is 19.7 Å². The van der Waals surface area contributed by atoms with Gasteiger partial charge in [0.2, 0.25) is 5.28 Å². The van der Waals surface area contributed by atoms with Crippen LogP contribution in [0.25, 0.3) is 0 Å². The Balaban J connectivity index is 2.65. The summed E-state index contributed by atoms with van der Waals surface area (Å²) in [5.74, 6) is 0. The van der Waals surface area contributed by atoms with Crippen molar-refractivity contribution in [1.82, 2.24) is 14.8 Å². The van der Waals surface area contributed by atoms with E-state index in [0.29, 0.717) is 5.28 Å². The first-order chi connectivity index (χ1) is 4.97. The van der Waals surface area contributed by atoms with Crippen LogP contribution in [0.2, 0.25) is 24.9 Å². The molecule has 0 aliphatic carbocycles. The van der Waals surface area contributed by atoms with Crippen LogP contribution in [0.5, 0.6) is 0 Å². The zero-order valence-electron chi connectivity index (χ0n) is 7.00. The smallest absolute Gasteiger partial charge is 0.242 e. The standard InChI is InChI=1S/C6H12ClN3Si/c1-11(2,3)5-10-4-8-6(7)9-10/h4H,5H2,1-3H3. The van der Waals surface area contributed by atoms with Gasteiger partial charge in [-0.15, -0.1) is 5.10 Å². The van der Waals surface area contributed by atoms with E-state index in [9.17, 15) is 0 Å². The van der Waals surface area contributed by atoms with E-state index in [1.165, 1.54) is 0 Å². The number of hydrogen-bond acceptors (Lipinski definition) is 2. The highest BCUT2D eigenvalue weighted by Gasteiger charge is 2.14. The fraction of sp³-hybridized carbons (Fsp3) is 0.667. The van der Waals surface area contributed by atoms with Crippen molar-refractivity contribution in [1.29, 1.82) is 0 Å². The second-order valence-corrected chi connectivity index (χ2v) is 9.55. The van der Waals surface area contributed by atoms with E-state index in [4.69, 9.17) is 11.6 Å². The minimum absolute atomic E-state index is 0.336. The Morgan fingerprint density at radius 1 is 1.55 bits per heavy atom. The Labute approximate surface area is 72.4 Å². The summed E-state index contributed by atoms with van der Waals surface area (Å²) in [6, 6.07) is 0. The molecule has 0 saturated carbocycles. The summed E-state index contributed by atoms with van der Waals surface area (Å²) in [4.78, 5) is 3.84. The molecule has 0 N–H and O–H groups in total. The second kappa shape index (κ2) is 2.95. The first-order valence-corrected chi connectivity index (χ1v) is 7.61. The lowest BCUT2D eigenvalue weighted by Gasteiger charge is -2.14. The van der Waals surface area contributed by atoms with Crippen molar-refractivity contribution in [3.05, 3.63) is 11.6 Å². The molecule has 5 heteroatoms. The maximum atomic E-state index is 5.56. The molecule has 0 aliphatic rings. The highest BCUT2D eigenvalue weighted by atomic mass is 35.5. The topological polar surface area (TPSA) is 30.7 Å². The van der Waals surface area contributed by atoms with Gasteiger partial charge in [0, 0.05) is 6.17 Å². The summed E-state index contributed by atoms with van der Waals surface area (Å²) in [6.45, 7) is 6.84. The lowest BCUT2D eigenvalue weighted by molar-refractivity contribution is 0.723. The Morgan fingerprint density at radius 3 is 2.55 bits per heavy atom. The summed E-state index contributed by atoms with van der Waals surface area (Å²) in [7, 11) is -1.08. The predicted molar refractivity (Wildman–Crippen MR) is 48.4 cm³/mol. The van der Waals surface area contributed by atoms with Crippen LogP contribution in [0, 0.1) is 0 Å². The third-order valence-corrected chi connectivity index (χ3v) is 2.59. The maximum absolute atomic E-state index is 5.56. The van der Waals surface area contributed by atoms with E-state index in [1.807, 2.05) is 4.68 Å². The molecule has 0 unspecified atom stereocenters. The molecule has 1 aromatic rings. The molecular weight excluding hydrogens is 178 g/mol. The average Bonchev–Trinajstić information content (AvgIpc) is 2.10. The van der Waals surface area contributed by atoms with Gasteiger partial charge in [0.15, 0.2) is 0 Å². The maximum Gasteiger partial charge on any atom is 0.242 e. The fourth-order valence-corrected chi connectivity index (χ4v) is 2.10. The minimum atomic E-state index is -1.08. The molecule has 3 nitrogen and oxygen atoms in total. The molecule has 11 heavy (non-hydrogen) atoms. The van der Waals surface area contributed by atoms with Gasteiger partial charge in [-0.1, -0.05) is 19.6 Å². The minimum Gasteiger partial charge on any atom is -0.254 e. The molecule has 1 heterocycles. The van der Waals surface area contributed by atoms with Gasteiger partial charge >= 0.3 is 0 Å². The Hall–Kier alpha value is -0.353. The van der Waals surface area contributed by atoms with Crippen molar-refractivity contribution in [3.8, 4) is 0 Å². The third-order valence-electron chi connectivity index (χ3n) is 1.14. The van der Waals surface area contributed by atoms with E-state index in [1.54, 1.807) is 6.33 Å². The quantitative estimate of drug-likeness (QED) is 0.665. The second-order valence-electron chi connectivity index (χ2n) is 3.77. The number of rotatable bonds is 2. The highest BCUT2D eigenvalue weighted by Crippen LogP contribution is 2.05. The molecule has 0 saturated heterocycles. The van der Waals surface area contributed by atoms with Gasteiger partial charge in [-0.3, -0.25) is 4.68 Å². The van der Waals surface area contributed by atoms with E-state index < -0.39 is 8.07 Å². The molecule has 0 bridgehead atoms. The largest absolute Gasteiger partial charge is 0.254 e. The zero-order chi connectivity index (χ0) is 8.48. The third kappa shape index (κ3) is 3.03. The van der Waals surface area contributed by atoms with Crippen molar-refractivity contribution in [2.24, 2.45) is 0 Å². The van der Waals surface area contributed by atoms with Crippen LogP contribution in [0.4, 0.5) is 0 Å². The molecule has 0 spiro atoms. The number of halogens is 1. The van der Waals surface area contributed by atoms with Crippen LogP contribution in [0.1, 0.15) is 0 Å². The van der Waals surface area contributed by atoms with Crippen molar-refractivity contribution < 1.29 is 0 Å². The van der Waals surface area contributed by atoms with Gasteiger partial charge in [-0.05, 0) is 11.6 Å². The summed E-state index contributed by atoms with van der Waals surface area (Å²) in [5.41, 5.74) is 0. The van der Waals surface area contributed by atoms with E-state index in [-0.39, 0.29) is 0 Å². The fourth-order valence-electron chi connectivity index (χ4n) is 0.834.